The second-order valence-corrected chi connectivity index (χ2v) is 4.66. The van der Waals surface area contributed by atoms with Gasteiger partial charge < -0.3 is 5.32 Å². The zero-order valence-electron chi connectivity index (χ0n) is 9.03. The highest BCUT2D eigenvalue weighted by atomic mass is 15.0. The van der Waals surface area contributed by atoms with Gasteiger partial charge in [-0.15, -0.1) is 0 Å². The third-order valence-corrected chi connectivity index (χ3v) is 2.81. The van der Waals surface area contributed by atoms with E-state index in [1.807, 2.05) is 0 Å². The first-order chi connectivity index (χ1) is 6.77. The molecule has 1 nitrogen and oxygen atoms in total. The smallest absolute Gasteiger partial charge is 0.0143 e. The molecule has 0 amide bonds. The Labute approximate surface area is 86.5 Å². The highest BCUT2D eigenvalue weighted by molar-refractivity contribution is 5.27. The number of hydrogen-bond acceptors (Lipinski definition) is 1. The van der Waals surface area contributed by atoms with E-state index >= 15 is 0 Å². The molecule has 1 aliphatic rings. The minimum atomic E-state index is 0.736. The van der Waals surface area contributed by atoms with Crippen LogP contribution in [0.15, 0.2) is 30.3 Å². The van der Waals surface area contributed by atoms with Gasteiger partial charge in [-0.05, 0) is 24.4 Å². The summed E-state index contributed by atoms with van der Waals surface area (Å²) in [6.45, 7) is 5.66. The Morgan fingerprint density at radius 2 is 2.00 bits per heavy atom. The van der Waals surface area contributed by atoms with E-state index in [4.69, 9.17) is 0 Å². The van der Waals surface area contributed by atoms with Crippen LogP contribution in [0.5, 0.6) is 0 Å². The van der Waals surface area contributed by atoms with Gasteiger partial charge >= 0.3 is 0 Å². The second-order valence-electron chi connectivity index (χ2n) is 4.66. The van der Waals surface area contributed by atoms with Gasteiger partial charge in [-0.3, -0.25) is 0 Å². The van der Waals surface area contributed by atoms with E-state index in [2.05, 4.69) is 49.5 Å². The SMILES string of the molecule is CC(C)CNC1CC1c1ccccc1. The van der Waals surface area contributed by atoms with Crippen LogP contribution in [-0.4, -0.2) is 12.6 Å². The van der Waals surface area contributed by atoms with Crippen LogP contribution in [0.3, 0.4) is 0 Å². The molecule has 0 heterocycles. The molecule has 14 heavy (non-hydrogen) atoms. The molecule has 2 unspecified atom stereocenters. The number of rotatable bonds is 4. The van der Waals surface area contributed by atoms with E-state index in [9.17, 15) is 0 Å². The highest BCUT2D eigenvalue weighted by Crippen LogP contribution is 2.40. The lowest BCUT2D eigenvalue weighted by Gasteiger charge is -2.06. The first-order valence-electron chi connectivity index (χ1n) is 5.55. The molecule has 2 rings (SSSR count). The van der Waals surface area contributed by atoms with Gasteiger partial charge in [0.1, 0.15) is 0 Å². The Morgan fingerprint density at radius 1 is 1.29 bits per heavy atom. The predicted octanol–water partition coefficient (Wildman–Crippen LogP) is 2.79. The summed E-state index contributed by atoms with van der Waals surface area (Å²) >= 11 is 0. The molecule has 1 aromatic rings. The van der Waals surface area contributed by atoms with E-state index in [1.165, 1.54) is 12.0 Å². The van der Waals surface area contributed by atoms with E-state index in [0.29, 0.717) is 0 Å². The lowest BCUT2D eigenvalue weighted by Crippen LogP contribution is -2.22. The molecule has 76 valence electrons. The van der Waals surface area contributed by atoms with Crippen molar-refractivity contribution in [2.75, 3.05) is 6.54 Å². The van der Waals surface area contributed by atoms with Crippen LogP contribution in [-0.2, 0) is 0 Å². The van der Waals surface area contributed by atoms with Gasteiger partial charge in [0.25, 0.3) is 0 Å². The van der Waals surface area contributed by atoms with Crippen LogP contribution < -0.4 is 5.32 Å². The average Bonchev–Trinajstić information content (AvgIpc) is 2.95. The van der Waals surface area contributed by atoms with Crippen molar-refractivity contribution >= 4 is 0 Å². The molecule has 0 spiro atoms. The summed E-state index contributed by atoms with van der Waals surface area (Å²) in [5, 5.41) is 3.60. The molecule has 0 saturated heterocycles. The number of hydrogen-bond donors (Lipinski definition) is 1. The van der Waals surface area contributed by atoms with Gasteiger partial charge in [-0.25, -0.2) is 0 Å². The molecular formula is C13H19N. The van der Waals surface area contributed by atoms with Crippen molar-refractivity contribution in [2.24, 2.45) is 5.92 Å². The molecule has 1 saturated carbocycles. The van der Waals surface area contributed by atoms with Gasteiger partial charge in [0.2, 0.25) is 0 Å². The van der Waals surface area contributed by atoms with Gasteiger partial charge in [0, 0.05) is 12.0 Å². The van der Waals surface area contributed by atoms with Crippen LogP contribution >= 0.6 is 0 Å². The van der Waals surface area contributed by atoms with Gasteiger partial charge in [-0.2, -0.15) is 0 Å². The van der Waals surface area contributed by atoms with Gasteiger partial charge in [0.15, 0.2) is 0 Å². The summed E-state index contributed by atoms with van der Waals surface area (Å²) in [7, 11) is 0. The van der Waals surface area contributed by atoms with Crippen molar-refractivity contribution in [3.8, 4) is 0 Å². The van der Waals surface area contributed by atoms with Crippen LogP contribution in [0.2, 0.25) is 0 Å². The summed E-state index contributed by atoms with van der Waals surface area (Å²) in [5.74, 6) is 1.53. The molecule has 0 radical (unpaired) electrons. The first kappa shape index (κ1) is 9.72. The maximum atomic E-state index is 3.60. The zero-order chi connectivity index (χ0) is 9.97. The van der Waals surface area contributed by atoms with Crippen molar-refractivity contribution in [3.05, 3.63) is 35.9 Å². The van der Waals surface area contributed by atoms with E-state index < -0.39 is 0 Å². The lowest BCUT2D eigenvalue weighted by atomic mass is 10.1. The molecule has 1 aromatic carbocycles. The van der Waals surface area contributed by atoms with Crippen LogP contribution in [0.4, 0.5) is 0 Å². The van der Waals surface area contributed by atoms with E-state index in [-0.39, 0.29) is 0 Å². The second kappa shape index (κ2) is 4.14. The van der Waals surface area contributed by atoms with Gasteiger partial charge in [-0.1, -0.05) is 44.2 Å². The topological polar surface area (TPSA) is 12.0 Å². The summed E-state index contributed by atoms with van der Waals surface area (Å²) in [5.41, 5.74) is 1.49. The summed E-state index contributed by atoms with van der Waals surface area (Å²) in [4.78, 5) is 0. The molecule has 0 aromatic heterocycles. The third kappa shape index (κ3) is 2.36. The molecule has 1 N–H and O–H groups in total. The van der Waals surface area contributed by atoms with E-state index in [0.717, 1.165) is 24.4 Å². The molecule has 1 aliphatic carbocycles. The molecule has 1 fully saturated rings. The Kier molecular flexibility index (Phi) is 2.87. The van der Waals surface area contributed by atoms with Crippen molar-refractivity contribution in [1.82, 2.24) is 5.32 Å². The Hall–Kier alpha value is -0.820. The Balaban J connectivity index is 1.82. The normalized spacial score (nSPS) is 25.4. The summed E-state index contributed by atoms with van der Waals surface area (Å²) in [6.07, 6.45) is 1.32. The minimum absolute atomic E-state index is 0.736. The monoisotopic (exact) mass is 189 g/mol. The van der Waals surface area contributed by atoms with Crippen LogP contribution in [0.1, 0.15) is 31.7 Å². The summed E-state index contributed by atoms with van der Waals surface area (Å²) in [6, 6.07) is 11.6. The highest BCUT2D eigenvalue weighted by Gasteiger charge is 2.37. The van der Waals surface area contributed by atoms with Crippen molar-refractivity contribution in [2.45, 2.75) is 32.2 Å². The van der Waals surface area contributed by atoms with Crippen molar-refractivity contribution in [3.63, 3.8) is 0 Å². The molecule has 2 atom stereocenters. The van der Waals surface area contributed by atoms with Gasteiger partial charge in [0.05, 0.1) is 0 Å². The maximum Gasteiger partial charge on any atom is 0.0143 e. The summed E-state index contributed by atoms with van der Waals surface area (Å²) < 4.78 is 0. The van der Waals surface area contributed by atoms with Crippen molar-refractivity contribution in [1.29, 1.82) is 0 Å². The minimum Gasteiger partial charge on any atom is -0.313 e. The maximum absolute atomic E-state index is 3.60. The Bertz CT molecular complexity index is 279. The fourth-order valence-electron chi connectivity index (χ4n) is 1.88. The Morgan fingerprint density at radius 3 is 2.64 bits per heavy atom. The molecular weight excluding hydrogens is 170 g/mol. The van der Waals surface area contributed by atoms with Crippen LogP contribution in [0.25, 0.3) is 0 Å². The molecule has 1 heteroatoms. The van der Waals surface area contributed by atoms with E-state index in [1.54, 1.807) is 0 Å². The zero-order valence-corrected chi connectivity index (χ0v) is 9.03. The largest absolute Gasteiger partial charge is 0.313 e. The first-order valence-corrected chi connectivity index (χ1v) is 5.55. The quantitative estimate of drug-likeness (QED) is 0.768. The van der Waals surface area contributed by atoms with Crippen LogP contribution in [0, 0.1) is 5.92 Å². The fourth-order valence-corrected chi connectivity index (χ4v) is 1.88. The average molecular weight is 189 g/mol. The fraction of sp³-hybridized carbons (Fsp3) is 0.538. The molecule has 0 aliphatic heterocycles. The number of nitrogens with one attached hydrogen (secondary N) is 1. The number of benzene rings is 1. The predicted molar refractivity (Wildman–Crippen MR) is 60.4 cm³/mol. The molecule has 0 bridgehead atoms. The lowest BCUT2D eigenvalue weighted by molar-refractivity contribution is 0.545. The van der Waals surface area contributed by atoms with Crippen molar-refractivity contribution < 1.29 is 0 Å². The third-order valence-electron chi connectivity index (χ3n) is 2.81. The standard InChI is InChI=1S/C13H19N/c1-10(2)9-14-13-8-12(13)11-6-4-3-5-7-11/h3-7,10,12-14H,8-9H2,1-2H3.